The Morgan fingerprint density at radius 2 is 1.87 bits per heavy atom. The van der Waals surface area contributed by atoms with Crippen LogP contribution in [0.2, 0.25) is 5.02 Å². The molecule has 3 rings (SSSR count). The molecule has 0 spiro atoms. The minimum atomic E-state index is -3.63. The number of halogens is 3. The molecule has 0 aliphatic carbocycles. The lowest BCUT2D eigenvalue weighted by Gasteiger charge is -2.16. The molecule has 7 nitrogen and oxygen atoms in total. The van der Waals surface area contributed by atoms with Crippen molar-refractivity contribution < 1.29 is 21.9 Å². The highest BCUT2D eigenvalue weighted by Gasteiger charge is 2.19. The van der Waals surface area contributed by atoms with E-state index in [4.69, 9.17) is 16.3 Å². The smallest absolute Gasteiger partial charge is 0.280 e. The lowest BCUT2D eigenvalue weighted by Crippen LogP contribution is -2.11. The Hall–Kier alpha value is -2.85. The van der Waals surface area contributed by atoms with E-state index in [-0.39, 0.29) is 28.7 Å². The quantitative estimate of drug-likeness (QED) is 0.568. The molecular weight excluding hydrogens is 438 g/mol. The standard InChI is InChI=1S/C19H17ClF2N4O3S/c1-10-6-16(18(21)22)24-11(2)17(10)29-19-15(26-30(3,27)28)5-4-14(25-19)12-7-13(20)9-23-8-12/h4-9,18,26H,1-3H3. The summed E-state index contributed by atoms with van der Waals surface area (Å²) in [5.41, 5.74) is 1.32. The Balaban J connectivity index is 2.10. The SMILES string of the molecule is Cc1cc(C(F)F)nc(C)c1Oc1nc(-c2cncc(Cl)c2)ccc1NS(C)(=O)=O. The van der Waals surface area contributed by atoms with Crippen LogP contribution in [0.4, 0.5) is 14.5 Å². The van der Waals surface area contributed by atoms with Crippen LogP contribution in [0, 0.1) is 13.8 Å². The molecule has 0 radical (unpaired) electrons. The molecule has 30 heavy (non-hydrogen) atoms. The molecular formula is C19H17ClF2N4O3S. The van der Waals surface area contributed by atoms with Gasteiger partial charge >= 0.3 is 0 Å². The normalized spacial score (nSPS) is 11.6. The molecule has 0 fully saturated rings. The molecule has 1 N–H and O–H groups in total. The summed E-state index contributed by atoms with van der Waals surface area (Å²) >= 11 is 5.98. The third-order valence-corrected chi connectivity index (χ3v) is 4.72. The fraction of sp³-hybridized carbons (Fsp3) is 0.211. The zero-order chi connectivity index (χ0) is 22.1. The highest BCUT2D eigenvalue weighted by molar-refractivity contribution is 7.92. The maximum atomic E-state index is 13.0. The molecule has 0 saturated heterocycles. The van der Waals surface area contributed by atoms with Gasteiger partial charge in [-0.15, -0.1) is 0 Å². The number of pyridine rings is 3. The van der Waals surface area contributed by atoms with Gasteiger partial charge in [-0.25, -0.2) is 27.2 Å². The number of nitrogens with zero attached hydrogens (tertiary/aromatic N) is 3. The maximum absolute atomic E-state index is 13.0. The first-order chi connectivity index (χ1) is 14.0. The van der Waals surface area contributed by atoms with Gasteiger partial charge in [0.15, 0.2) is 5.75 Å². The van der Waals surface area contributed by atoms with Crippen LogP contribution in [0.5, 0.6) is 11.6 Å². The number of ether oxygens (including phenoxy) is 1. The summed E-state index contributed by atoms with van der Waals surface area (Å²) < 4.78 is 57.7. The summed E-state index contributed by atoms with van der Waals surface area (Å²) in [5.74, 6) is 0.125. The molecule has 3 aromatic rings. The first-order valence-electron chi connectivity index (χ1n) is 8.57. The van der Waals surface area contributed by atoms with Gasteiger partial charge in [-0.2, -0.15) is 0 Å². The number of rotatable bonds is 6. The topological polar surface area (TPSA) is 94.1 Å². The van der Waals surface area contributed by atoms with Crippen molar-refractivity contribution in [3.05, 3.63) is 58.6 Å². The van der Waals surface area contributed by atoms with Gasteiger partial charge in [0.2, 0.25) is 15.9 Å². The van der Waals surface area contributed by atoms with Crippen LogP contribution < -0.4 is 9.46 Å². The summed E-state index contributed by atoms with van der Waals surface area (Å²) in [4.78, 5) is 12.2. The van der Waals surface area contributed by atoms with Crippen molar-refractivity contribution in [2.24, 2.45) is 0 Å². The molecule has 11 heteroatoms. The first kappa shape index (κ1) is 21.8. The highest BCUT2D eigenvalue weighted by atomic mass is 35.5. The molecule has 0 aromatic carbocycles. The van der Waals surface area contributed by atoms with Crippen LogP contribution >= 0.6 is 11.6 Å². The zero-order valence-corrected chi connectivity index (χ0v) is 17.7. The fourth-order valence-electron chi connectivity index (χ4n) is 2.72. The van der Waals surface area contributed by atoms with E-state index in [9.17, 15) is 17.2 Å². The van der Waals surface area contributed by atoms with Crippen molar-refractivity contribution in [2.45, 2.75) is 20.3 Å². The van der Waals surface area contributed by atoms with E-state index < -0.39 is 16.4 Å². The molecule has 0 saturated carbocycles. The Labute approximate surface area is 177 Å². The second kappa shape index (κ2) is 8.49. The van der Waals surface area contributed by atoms with Crippen molar-refractivity contribution in [1.82, 2.24) is 15.0 Å². The summed E-state index contributed by atoms with van der Waals surface area (Å²) in [7, 11) is -3.63. The van der Waals surface area contributed by atoms with E-state index in [1.54, 1.807) is 19.1 Å². The monoisotopic (exact) mass is 454 g/mol. The number of sulfonamides is 1. The van der Waals surface area contributed by atoms with E-state index in [0.717, 1.165) is 6.26 Å². The zero-order valence-electron chi connectivity index (χ0n) is 16.1. The lowest BCUT2D eigenvalue weighted by atomic mass is 10.2. The predicted octanol–water partition coefficient (Wildman–Crippen LogP) is 4.91. The van der Waals surface area contributed by atoms with Crippen LogP contribution in [0.3, 0.4) is 0 Å². The van der Waals surface area contributed by atoms with E-state index >= 15 is 0 Å². The van der Waals surface area contributed by atoms with E-state index in [0.29, 0.717) is 21.8 Å². The van der Waals surface area contributed by atoms with Gasteiger partial charge in [-0.05, 0) is 43.7 Å². The molecule has 0 unspecified atom stereocenters. The Morgan fingerprint density at radius 1 is 1.13 bits per heavy atom. The fourth-order valence-corrected chi connectivity index (χ4v) is 3.45. The largest absolute Gasteiger partial charge is 0.435 e. The number of anilines is 1. The van der Waals surface area contributed by atoms with Crippen LogP contribution in [-0.4, -0.2) is 29.6 Å². The van der Waals surface area contributed by atoms with Crippen LogP contribution in [0.15, 0.2) is 36.7 Å². The maximum Gasteiger partial charge on any atom is 0.280 e. The van der Waals surface area contributed by atoms with Gasteiger partial charge in [-0.3, -0.25) is 9.71 Å². The number of hydrogen-bond donors (Lipinski definition) is 1. The first-order valence-corrected chi connectivity index (χ1v) is 10.8. The highest BCUT2D eigenvalue weighted by Crippen LogP contribution is 2.35. The van der Waals surface area contributed by atoms with Crippen molar-refractivity contribution in [1.29, 1.82) is 0 Å². The molecule has 0 atom stereocenters. The van der Waals surface area contributed by atoms with Gasteiger partial charge in [-0.1, -0.05) is 11.6 Å². The number of nitrogens with one attached hydrogen (secondary N) is 1. The van der Waals surface area contributed by atoms with Crippen molar-refractivity contribution >= 4 is 27.3 Å². The number of aryl methyl sites for hydroxylation is 2. The molecule has 0 aliphatic heterocycles. The van der Waals surface area contributed by atoms with Gasteiger partial charge < -0.3 is 4.74 Å². The molecule has 158 valence electrons. The minimum absolute atomic E-state index is 0.0734. The third kappa shape index (κ3) is 5.19. The Bertz CT molecular complexity index is 1180. The summed E-state index contributed by atoms with van der Waals surface area (Å²) in [6.45, 7) is 3.10. The average Bonchev–Trinajstić information content (AvgIpc) is 2.64. The third-order valence-electron chi connectivity index (χ3n) is 3.93. The van der Waals surface area contributed by atoms with Crippen LogP contribution in [-0.2, 0) is 10.0 Å². The van der Waals surface area contributed by atoms with Crippen molar-refractivity contribution in [3.8, 4) is 22.9 Å². The van der Waals surface area contributed by atoms with Gasteiger partial charge in [0.05, 0.1) is 22.7 Å². The number of hydrogen-bond acceptors (Lipinski definition) is 6. The summed E-state index contributed by atoms with van der Waals surface area (Å²) in [6.07, 6.45) is 1.26. The van der Waals surface area contributed by atoms with E-state index in [1.807, 2.05) is 0 Å². The number of aromatic nitrogens is 3. The average molecular weight is 455 g/mol. The molecule has 0 amide bonds. The molecule has 0 bridgehead atoms. The molecule has 3 heterocycles. The lowest BCUT2D eigenvalue weighted by molar-refractivity contribution is 0.145. The second-order valence-electron chi connectivity index (χ2n) is 6.50. The van der Waals surface area contributed by atoms with E-state index in [2.05, 4.69) is 19.7 Å². The van der Waals surface area contributed by atoms with Gasteiger partial charge in [0, 0.05) is 18.0 Å². The van der Waals surface area contributed by atoms with Crippen LogP contribution in [0.25, 0.3) is 11.3 Å². The van der Waals surface area contributed by atoms with Crippen LogP contribution in [0.1, 0.15) is 23.4 Å². The minimum Gasteiger partial charge on any atom is -0.435 e. The molecule has 3 aromatic heterocycles. The van der Waals surface area contributed by atoms with E-state index in [1.165, 1.54) is 31.5 Å². The second-order valence-corrected chi connectivity index (χ2v) is 8.68. The Morgan fingerprint density at radius 3 is 2.47 bits per heavy atom. The Kier molecular flexibility index (Phi) is 6.18. The van der Waals surface area contributed by atoms with Crippen molar-refractivity contribution in [3.63, 3.8) is 0 Å². The predicted molar refractivity (Wildman–Crippen MR) is 110 cm³/mol. The summed E-state index contributed by atoms with van der Waals surface area (Å²) in [5, 5.41) is 0.397. The molecule has 0 aliphatic rings. The number of alkyl halides is 2. The van der Waals surface area contributed by atoms with Gasteiger partial charge in [0.1, 0.15) is 11.4 Å². The van der Waals surface area contributed by atoms with Crippen molar-refractivity contribution in [2.75, 3.05) is 11.0 Å². The summed E-state index contributed by atoms with van der Waals surface area (Å²) in [6, 6.07) is 5.90. The van der Waals surface area contributed by atoms with Gasteiger partial charge in [0.25, 0.3) is 6.43 Å².